The first-order chi connectivity index (χ1) is 19.1. The van der Waals surface area contributed by atoms with Crippen LogP contribution < -0.4 is 0 Å². The number of hydrogen-bond acceptors (Lipinski definition) is 8. The van der Waals surface area contributed by atoms with E-state index >= 15 is 0 Å². The number of amides is 1. The number of non-ortho nitro benzene ring substituents is 1. The number of carbonyl (C=O) groups excluding carboxylic acids is 1. The van der Waals surface area contributed by atoms with Gasteiger partial charge in [0.15, 0.2) is 8.32 Å². The number of thiazole rings is 1. The fourth-order valence-electron chi connectivity index (χ4n) is 5.56. The fourth-order valence-corrected chi connectivity index (χ4v) is 7.70. The molecule has 0 saturated carbocycles. The molecule has 0 bridgehead atoms. The van der Waals surface area contributed by atoms with Crippen LogP contribution >= 0.6 is 11.3 Å². The second-order valence-electron chi connectivity index (χ2n) is 12.3. The number of nitro groups is 1. The highest BCUT2D eigenvalue weighted by Gasteiger charge is 2.61. The predicted molar refractivity (Wildman–Crippen MR) is 156 cm³/mol. The summed E-state index contributed by atoms with van der Waals surface area (Å²) in [5, 5.41) is 32.1. The van der Waals surface area contributed by atoms with E-state index in [4.69, 9.17) is 4.43 Å². The van der Waals surface area contributed by atoms with Gasteiger partial charge < -0.3 is 19.5 Å². The number of aromatic nitrogens is 2. The number of hydrogen-bond donors (Lipinski definition) is 2. The molecular formula is C28H34N4O7SSi. The summed E-state index contributed by atoms with van der Waals surface area (Å²) < 4.78 is 8.50. The number of aliphatic hydroxyl groups excluding tert-OH is 1. The van der Waals surface area contributed by atoms with Gasteiger partial charge in [-0.15, -0.1) is 11.3 Å². The number of imidazole rings is 1. The van der Waals surface area contributed by atoms with Crippen molar-refractivity contribution < 1.29 is 29.2 Å². The van der Waals surface area contributed by atoms with Gasteiger partial charge in [0.2, 0.25) is 5.91 Å². The Hall–Kier alpha value is -3.39. The molecule has 0 radical (unpaired) electrons. The van der Waals surface area contributed by atoms with E-state index in [1.165, 1.54) is 28.4 Å². The maximum atomic E-state index is 13.2. The molecule has 5 rings (SSSR count). The first-order valence-electron chi connectivity index (χ1n) is 13.4. The molecule has 1 saturated heterocycles. The summed E-state index contributed by atoms with van der Waals surface area (Å²) in [4.78, 5) is 43.9. The zero-order valence-electron chi connectivity index (χ0n) is 23.8. The van der Waals surface area contributed by atoms with Crippen LogP contribution in [0.25, 0.3) is 10.4 Å². The Morgan fingerprint density at radius 2 is 1.93 bits per heavy atom. The summed E-state index contributed by atoms with van der Waals surface area (Å²) in [7, 11) is -2.19. The number of β-lactam (4-membered cyclic amide) rings is 1. The summed E-state index contributed by atoms with van der Waals surface area (Å²) >= 11 is 1.40. The van der Waals surface area contributed by atoms with Crippen molar-refractivity contribution in [3.8, 4) is 0 Å². The zero-order valence-corrected chi connectivity index (χ0v) is 25.6. The van der Waals surface area contributed by atoms with Gasteiger partial charge in [-0.3, -0.25) is 19.3 Å². The Kier molecular flexibility index (Phi) is 7.21. The molecular weight excluding hydrogens is 564 g/mol. The molecule has 218 valence electrons. The third-order valence-corrected chi connectivity index (χ3v) is 14.4. The topological polar surface area (TPSA) is 148 Å². The van der Waals surface area contributed by atoms with Crippen LogP contribution in [0.15, 0.2) is 42.5 Å². The predicted octanol–water partition coefficient (Wildman–Crippen LogP) is 4.70. The van der Waals surface area contributed by atoms with E-state index in [9.17, 15) is 29.9 Å². The number of nitrogens with zero attached hydrogens (tertiary/aromatic N) is 4. The summed E-state index contributed by atoms with van der Waals surface area (Å²) in [5.74, 6) is -2.87. The third-order valence-electron chi connectivity index (χ3n) is 8.78. The molecule has 41 heavy (non-hydrogen) atoms. The first-order valence-corrected chi connectivity index (χ1v) is 17.2. The van der Waals surface area contributed by atoms with Gasteiger partial charge in [0.05, 0.1) is 46.4 Å². The highest BCUT2D eigenvalue weighted by molar-refractivity contribution is 7.18. The number of benzene rings is 1. The lowest BCUT2D eigenvalue weighted by atomic mass is 9.74. The average molecular weight is 599 g/mol. The largest absolute Gasteiger partial charge is 0.477 e. The van der Waals surface area contributed by atoms with E-state index in [1.807, 2.05) is 4.40 Å². The van der Waals surface area contributed by atoms with E-state index in [0.717, 1.165) is 16.1 Å². The van der Waals surface area contributed by atoms with E-state index in [1.54, 1.807) is 31.6 Å². The fraction of sp³-hybridized carbons (Fsp3) is 0.464. The minimum atomic E-state index is -2.19. The van der Waals surface area contributed by atoms with Crippen molar-refractivity contribution in [3.63, 3.8) is 0 Å². The third kappa shape index (κ3) is 4.80. The van der Waals surface area contributed by atoms with Crippen LogP contribution in [0.5, 0.6) is 0 Å². The Labute approximate surface area is 242 Å². The average Bonchev–Trinajstić information content (AvgIpc) is 3.52. The lowest BCUT2D eigenvalue weighted by Crippen LogP contribution is -2.64. The van der Waals surface area contributed by atoms with Gasteiger partial charge >= 0.3 is 5.97 Å². The van der Waals surface area contributed by atoms with Gasteiger partial charge in [-0.25, -0.2) is 9.78 Å². The number of carboxylic acid groups (broad SMARTS) is 1. The summed E-state index contributed by atoms with van der Waals surface area (Å²) in [6, 6.07) is 5.58. The van der Waals surface area contributed by atoms with E-state index in [-0.39, 0.29) is 23.0 Å². The van der Waals surface area contributed by atoms with E-state index in [2.05, 4.69) is 38.8 Å². The van der Waals surface area contributed by atoms with Crippen LogP contribution in [0.4, 0.5) is 5.69 Å². The SMILES string of the molecule is C[C@@H](O)[C@H]1C(=O)N2C(C(=O)O)=C(c3sc4cncn4c3CO[Si](C)(C)C(C)(C)C)C(Cc3ccc([N+](=O)[O-])cc3)[C@H]12. The molecule has 2 aliphatic heterocycles. The van der Waals surface area contributed by atoms with E-state index in [0.29, 0.717) is 16.9 Å². The minimum absolute atomic E-state index is 0.0454. The van der Waals surface area contributed by atoms with Crippen molar-refractivity contribution in [1.82, 2.24) is 14.3 Å². The number of rotatable bonds is 9. The molecule has 2 N–H and O–H groups in total. The lowest BCUT2D eigenvalue weighted by molar-refractivity contribution is -0.384. The zero-order chi connectivity index (χ0) is 30.0. The van der Waals surface area contributed by atoms with Gasteiger partial charge in [-0.05, 0) is 37.0 Å². The van der Waals surface area contributed by atoms with Gasteiger partial charge in [0.1, 0.15) is 16.9 Å². The second kappa shape index (κ2) is 10.2. The molecule has 4 atom stereocenters. The number of aliphatic carboxylic acids is 1. The molecule has 1 fully saturated rings. The van der Waals surface area contributed by atoms with Gasteiger partial charge in [0.25, 0.3) is 5.69 Å². The maximum absolute atomic E-state index is 13.2. The van der Waals surface area contributed by atoms with Gasteiger partial charge in [-0.1, -0.05) is 32.9 Å². The highest BCUT2D eigenvalue weighted by Crippen LogP contribution is 2.53. The lowest BCUT2D eigenvalue weighted by Gasteiger charge is -2.47. The second-order valence-corrected chi connectivity index (χ2v) is 18.1. The molecule has 0 aliphatic carbocycles. The number of aliphatic hydroxyl groups is 1. The molecule has 11 nitrogen and oxygen atoms in total. The normalized spacial score (nSPS) is 21.8. The maximum Gasteiger partial charge on any atom is 0.352 e. The van der Waals surface area contributed by atoms with Crippen molar-refractivity contribution in [1.29, 1.82) is 0 Å². The van der Waals surface area contributed by atoms with Crippen molar-refractivity contribution in [2.75, 3.05) is 0 Å². The Bertz CT molecular complexity index is 1570. The highest BCUT2D eigenvalue weighted by atomic mass is 32.1. The molecule has 3 aromatic rings. The van der Waals surface area contributed by atoms with Gasteiger partial charge in [-0.2, -0.15) is 0 Å². The Balaban J connectivity index is 1.65. The van der Waals surface area contributed by atoms with Crippen LogP contribution in [-0.4, -0.2) is 61.8 Å². The minimum Gasteiger partial charge on any atom is -0.477 e. The first kappa shape index (κ1) is 29.1. The number of fused-ring (bicyclic) bond motifs is 2. The quantitative estimate of drug-likeness (QED) is 0.156. The molecule has 2 aromatic heterocycles. The van der Waals surface area contributed by atoms with Gasteiger partial charge in [0, 0.05) is 23.6 Å². The van der Waals surface area contributed by atoms with Crippen LogP contribution in [0.3, 0.4) is 0 Å². The molecule has 2 aliphatic rings. The van der Waals surface area contributed by atoms with Crippen LogP contribution in [-0.2, 0) is 27.0 Å². The van der Waals surface area contributed by atoms with Crippen LogP contribution in [0, 0.1) is 22.0 Å². The van der Waals surface area contributed by atoms with Crippen molar-refractivity contribution in [2.45, 2.75) is 71.0 Å². The summed E-state index contributed by atoms with van der Waals surface area (Å²) in [6.07, 6.45) is 2.75. The molecule has 4 heterocycles. The van der Waals surface area contributed by atoms with Crippen molar-refractivity contribution >= 4 is 47.6 Å². The molecule has 0 spiro atoms. The molecule has 1 unspecified atom stereocenters. The van der Waals surface area contributed by atoms with E-state index < -0.39 is 49.1 Å². The van der Waals surface area contributed by atoms with Crippen molar-refractivity contribution in [3.05, 3.63) is 68.7 Å². The number of carbonyl (C=O) groups is 2. The monoisotopic (exact) mass is 598 g/mol. The van der Waals surface area contributed by atoms with Crippen LogP contribution in [0.1, 0.15) is 43.8 Å². The Morgan fingerprint density at radius 1 is 1.27 bits per heavy atom. The number of carboxylic acids is 1. The smallest absolute Gasteiger partial charge is 0.352 e. The molecule has 13 heteroatoms. The number of nitro benzene ring substituents is 1. The Morgan fingerprint density at radius 3 is 2.49 bits per heavy atom. The standard InChI is InChI=1S/C28H34N4O7SSi/c1-15(33)21-23-18(11-16-7-9-17(10-8-16)32(37)38)22(24(27(35)36)31(23)26(21)34)25-19(30-14-29-12-20(30)40-25)13-39-41(5,6)28(2,3)4/h7-10,12,14-15,18,21,23,33H,11,13H2,1-6H3,(H,35,36)/t15-,18?,21-,23-/m1/s1. The summed E-state index contributed by atoms with van der Waals surface area (Å²) in [5.41, 5.74) is 1.90. The summed E-state index contributed by atoms with van der Waals surface area (Å²) in [6.45, 7) is 12.5. The van der Waals surface area contributed by atoms with Crippen molar-refractivity contribution in [2.24, 2.45) is 11.8 Å². The van der Waals surface area contributed by atoms with Crippen LogP contribution in [0.2, 0.25) is 18.1 Å². The molecule has 1 aromatic carbocycles. The molecule has 1 amide bonds.